The molecule has 2 aliphatic heterocycles. The highest BCUT2D eigenvalue weighted by Crippen LogP contribution is 2.32. The molecule has 2 nitrogen and oxygen atoms in total. The molecule has 1 aromatic rings. The molecule has 1 saturated heterocycles. The average molecular weight is 272 g/mol. The van der Waals surface area contributed by atoms with E-state index < -0.39 is 0 Å². The Morgan fingerprint density at radius 1 is 1.20 bits per heavy atom. The smallest absolute Gasteiger partial charge is 0.0376 e. The minimum Gasteiger partial charge on any atom is -0.382 e. The lowest BCUT2D eigenvalue weighted by atomic mass is 9.97. The van der Waals surface area contributed by atoms with E-state index in [0.29, 0.717) is 6.04 Å². The fourth-order valence-electron chi connectivity index (χ4n) is 3.76. The molecule has 20 heavy (non-hydrogen) atoms. The van der Waals surface area contributed by atoms with Crippen molar-refractivity contribution in [1.82, 2.24) is 0 Å². The van der Waals surface area contributed by atoms with Gasteiger partial charge in [-0.2, -0.15) is 0 Å². The van der Waals surface area contributed by atoms with E-state index in [1.807, 2.05) is 0 Å². The van der Waals surface area contributed by atoms with Crippen LogP contribution in [0.2, 0.25) is 0 Å². The van der Waals surface area contributed by atoms with Gasteiger partial charge in [-0.05, 0) is 62.8 Å². The van der Waals surface area contributed by atoms with Crippen LogP contribution in [-0.2, 0) is 6.42 Å². The Kier molecular flexibility index (Phi) is 4.18. The highest BCUT2D eigenvalue weighted by atomic mass is 15.2. The van der Waals surface area contributed by atoms with Gasteiger partial charge in [-0.25, -0.2) is 0 Å². The zero-order valence-corrected chi connectivity index (χ0v) is 13.0. The van der Waals surface area contributed by atoms with E-state index in [2.05, 4.69) is 42.3 Å². The molecular formula is C18H28N2. The van der Waals surface area contributed by atoms with Crippen molar-refractivity contribution < 1.29 is 0 Å². The maximum atomic E-state index is 3.61. The Hall–Kier alpha value is -1.18. The molecular weight excluding hydrogens is 244 g/mol. The standard InChI is InChI=1S/C18H28N2/c1-3-16-7-5-4-6-12-20(16)17-10-11-18-15(13-17)9-8-14(2)19-18/h10-11,13-14,16,19H,3-9,12H2,1-2H3. The summed E-state index contributed by atoms with van der Waals surface area (Å²) in [6.45, 7) is 5.85. The van der Waals surface area contributed by atoms with Crippen LogP contribution in [0.3, 0.4) is 0 Å². The van der Waals surface area contributed by atoms with E-state index in [0.717, 1.165) is 6.04 Å². The first kappa shape index (κ1) is 13.8. The molecule has 0 aromatic heterocycles. The van der Waals surface area contributed by atoms with Gasteiger partial charge in [0.05, 0.1) is 0 Å². The number of nitrogens with one attached hydrogen (secondary N) is 1. The third-order valence-corrected chi connectivity index (χ3v) is 5.02. The third kappa shape index (κ3) is 2.79. The molecule has 0 spiro atoms. The van der Waals surface area contributed by atoms with E-state index in [9.17, 15) is 0 Å². The van der Waals surface area contributed by atoms with Crippen molar-refractivity contribution in [2.75, 3.05) is 16.8 Å². The van der Waals surface area contributed by atoms with Crippen LogP contribution >= 0.6 is 0 Å². The largest absolute Gasteiger partial charge is 0.382 e. The van der Waals surface area contributed by atoms with Gasteiger partial charge in [0.2, 0.25) is 0 Å². The molecule has 1 aromatic carbocycles. The van der Waals surface area contributed by atoms with Crippen molar-refractivity contribution in [3.63, 3.8) is 0 Å². The average Bonchev–Trinajstić information content (AvgIpc) is 2.71. The monoisotopic (exact) mass is 272 g/mol. The molecule has 2 heteroatoms. The van der Waals surface area contributed by atoms with Crippen molar-refractivity contribution in [2.24, 2.45) is 0 Å². The predicted octanol–water partition coefficient (Wildman–Crippen LogP) is 4.59. The molecule has 3 rings (SSSR count). The number of hydrogen-bond donors (Lipinski definition) is 1. The molecule has 2 heterocycles. The number of rotatable bonds is 2. The van der Waals surface area contributed by atoms with Gasteiger partial charge in [0.25, 0.3) is 0 Å². The van der Waals surface area contributed by atoms with Gasteiger partial charge in [0.15, 0.2) is 0 Å². The van der Waals surface area contributed by atoms with Gasteiger partial charge in [-0.15, -0.1) is 0 Å². The summed E-state index contributed by atoms with van der Waals surface area (Å²) in [6.07, 6.45) is 9.27. The number of anilines is 2. The summed E-state index contributed by atoms with van der Waals surface area (Å²) >= 11 is 0. The molecule has 2 atom stereocenters. The summed E-state index contributed by atoms with van der Waals surface area (Å²) in [6, 6.07) is 8.44. The van der Waals surface area contributed by atoms with Crippen LogP contribution in [0.1, 0.15) is 57.9 Å². The first-order valence-corrected chi connectivity index (χ1v) is 8.44. The second-order valence-corrected chi connectivity index (χ2v) is 6.53. The van der Waals surface area contributed by atoms with Crippen LogP contribution in [0.15, 0.2) is 18.2 Å². The van der Waals surface area contributed by atoms with Gasteiger partial charge in [-0.1, -0.05) is 19.8 Å². The van der Waals surface area contributed by atoms with Gasteiger partial charge < -0.3 is 10.2 Å². The summed E-state index contributed by atoms with van der Waals surface area (Å²) in [4.78, 5) is 2.67. The van der Waals surface area contributed by atoms with Crippen molar-refractivity contribution in [3.8, 4) is 0 Å². The normalized spacial score (nSPS) is 26.6. The van der Waals surface area contributed by atoms with Gasteiger partial charge in [0, 0.05) is 30.0 Å². The Balaban J connectivity index is 1.85. The first-order valence-electron chi connectivity index (χ1n) is 8.44. The number of aryl methyl sites for hydroxylation is 1. The van der Waals surface area contributed by atoms with Crippen LogP contribution in [0.25, 0.3) is 0 Å². The maximum Gasteiger partial charge on any atom is 0.0376 e. The molecule has 1 fully saturated rings. The summed E-state index contributed by atoms with van der Waals surface area (Å²) in [5, 5.41) is 3.61. The number of benzene rings is 1. The molecule has 2 aliphatic rings. The Morgan fingerprint density at radius 2 is 2.10 bits per heavy atom. The molecule has 2 unspecified atom stereocenters. The highest BCUT2D eigenvalue weighted by Gasteiger charge is 2.21. The van der Waals surface area contributed by atoms with Crippen LogP contribution in [0.5, 0.6) is 0 Å². The maximum absolute atomic E-state index is 3.61. The topological polar surface area (TPSA) is 15.3 Å². The van der Waals surface area contributed by atoms with Gasteiger partial charge in [0.1, 0.15) is 0 Å². The van der Waals surface area contributed by atoms with Crippen LogP contribution in [0, 0.1) is 0 Å². The minimum absolute atomic E-state index is 0.620. The Morgan fingerprint density at radius 3 is 2.95 bits per heavy atom. The second kappa shape index (κ2) is 6.07. The zero-order valence-electron chi connectivity index (χ0n) is 13.0. The lowest BCUT2D eigenvalue weighted by Gasteiger charge is -2.33. The Labute approximate surface area is 123 Å². The van der Waals surface area contributed by atoms with Gasteiger partial charge in [-0.3, -0.25) is 0 Å². The van der Waals surface area contributed by atoms with E-state index in [1.54, 1.807) is 0 Å². The fraction of sp³-hybridized carbons (Fsp3) is 0.667. The minimum atomic E-state index is 0.620. The number of nitrogens with zero attached hydrogens (tertiary/aromatic N) is 1. The summed E-state index contributed by atoms with van der Waals surface area (Å²) in [5.74, 6) is 0. The highest BCUT2D eigenvalue weighted by molar-refractivity contribution is 5.62. The molecule has 0 bridgehead atoms. The first-order chi connectivity index (χ1) is 9.78. The molecule has 0 saturated carbocycles. The molecule has 0 amide bonds. The predicted molar refractivity (Wildman–Crippen MR) is 87.7 cm³/mol. The quantitative estimate of drug-likeness (QED) is 0.847. The van der Waals surface area contributed by atoms with E-state index >= 15 is 0 Å². The molecule has 110 valence electrons. The van der Waals surface area contributed by atoms with E-state index in [-0.39, 0.29) is 0 Å². The van der Waals surface area contributed by atoms with Gasteiger partial charge >= 0.3 is 0 Å². The second-order valence-electron chi connectivity index (χ2n) is 6.53. The van der Waals surface area contributed by atoms with Crippen LogP contribution in [0.4, 0.5) is 11.4 Å². The fourth-order valence-corrected chi connectivity index (χ4v) is 3.76. The van der Waals surface area contributed by atoms with Crippen molar-refractivity contribution in [2.45, 2.75) is 70.9 Å². The summed E-state index contributed by atoms with van der Waals surface area (Å²) in [7, 11) is 0. The molecule has 0 aliphatic carbocycles. The number of hydrogen-bond acceptors (Lipinski definition) is 2. The lowest BCUT2D eigenvalue weighted by Crippen LogP contribution is -2.34. The van der Waals surface area contributed by atoms with Crippen LogP contribution in [-0.4, -0.2) is 18.6 Å². The van der Waals surface area contributed by atoms with Crippen molar-refractivity contribution >= 4 is 11.4 Å². The van der Waals surface area contributed by atoms with Crippen molar-refractivity contribution in [1.29, 1.82) is 0 Å². The molecule has 0 radical (unpaired) electrons. The zero-order chi connectivity index (χ0) is 13.9. The third-order valence-electron chi connectivity index (χ3n) is 5.02. The number of fused-ring (bicyclic) bond motifs is 1. The lowest BCUT2D eigenvalue weighted by molar-refractivity contribution is 0.556. The van der Waals surface area contributed by atoms with E-state index in [4.69, 9.17) is 0 Å². The summed E-state index contributed by atoms with van der Waals surface area (Å²) < 4.78 is 0. The van der Waals surface area contributed by atoms with E-state index in [1.165, 1.54) is 68.4 Å². The van der Waals surface area contributed by atoms with Crippen molar-refractivity contribution in [3.05, 3.63) is 23.8 Å². The Bertz CT molecular complexity index is 455. The molecule has 1 N–H and O–H groups in total. The van der Waals surface area contributed by atoms with Crippen LogP contribution < -0.4 is 10.2 Å². The SMILES string of the molecule is CCC1CCCCCN1c1ccc2c(c1)CCC(C)N2. The summed E-state index contributed by atoms with van der Waals surface area (Å²) in [5.41, 5.74) is 4.32.